The quantitative estimate of drug-likeness (QED) is 0.611. The number of aromatic nitrogens is 1. The van der Waals surface area contributed by atoms with Crippen molar-refractivity contribution in [1.29, 1.82) is 0 Å². The average molecular weight is 374 g/mol. The molecule has 3 rings (SSSR count). The molecule has 0 aliphatic rings. The Morgan fingerprint density at radius 3 is 2.54 bits per heavy atom. The molecule has 0 amide bonds. The van der Waals surface area contributed by atoms with Crippen LogP contribution in [0.1, 0.15) is 24.0 Å². The van der Waals surface area contributed by atoms with Crippen LogP contribution in [0.3, 0.4) is 0 Å². The molecule has 26 heavy (non-hydrogen) atoms. The molecule has 0 spiro atoms. The fourth-order valence-corrected chi connectivity index (χ4v) is 3.29. The SMILES string of the molecule is Cc1cc(C)cc(OCCCCn2c(=O)oc(=O)c3cccc(Cl)c32)c1. The van der Waals surface area contributed by atoms with E-state index < -0.39 is 11.4 Å². The molecule has 0 aliphatic carbocycles. The summed E-state index contributed by atoms with van der Waals surface area (Å²) < 4.78 is 12.0. The van der Waals surface area contributed by atoms with Gasteiger partial charge in [0.05, 0.1) is 22.5 Å². The minimum atomic E-state index is -0.689. The summed E-state index contributed by atoms with van der Waals surface area (Å²) in [6, 6.07) is 11.0. The van der Waals surface area contributed by atoms with Gasteiger partial charge in [-0.1, -0.05) is 23.7 Å². The van der Waals surface area contributed by atoms with Gasteiger partial charge in [0.15, 0.2) is 0 Å². The van der Waals surface area contributed by atoms with Gasteiger partial charge < -0.3 is 9.15 Å². The summed E-state index contributed by atoms with van der Waals surface area (Å²) in [5.41, 5.74) is 2.08. The van der Waals surface area contributed by atoms with E-state index in [-0.39, 0.29) is 0 Å². The summed E-state index contributed by atoms with van der Waals surface area (Å²) in [5.74, 6) is 0.157. The van der Waals surface area contributed by atoms with Crippen LogP contribution in [-0.2, 0) is 6.54 Å². The Balaban J connectivity index is 1.67. The Morgan fingerprint density at radius 1 is 1.08 bits per heavy atom. The topological polar surface area (TPSA) is 61.4 Å². The zero-order chi connectivity index (χ0) is 18.7. The maximum Gasteiger partial charge on any atom is 0.422 e. The van der Waals surface area contributed by atoms with Gasteiger partial charge in [-0.15, -0.1) is 0 Å². The Bertz CT molecular complexity index is 1030. The molecule has 6 heteroatoms. The summed E-state index contributed by atoms with van der Waals surface area (Å²) in [7, 11) is 0. The molecule has 3 aromatic rings. The highest BCUT2D eigenvalue weighted by Crippen LogP contribution is 2.20. The molecular formula is C20H20ClNO4. The number of halogens is 1. The Kier molecular flexibility index (Phi) is 5.47. The van der Waals surface area contributed by atoms with Crippen LogP contribution >= 0.6 is 11.6 Å². The van der Waals surface area contributed by atoms with E-state index in [1.165, 1.54) is 4.57 Å². The predicted molar refractivity (Wildman–Crippen MR) is 102 cm³/mol. The lowest BCUT2D eigenvalue weighted by Crippen LogP contribution is -2.25. The van der Waals surface area contributed by atoms with E-state index in [0.29, 0.717) is 35.5 Å². The van der Waals surface area contributed by atoms with Gasteiger partial charge in [-0.2, -0.15) is 0 Å². The summed E-state index contributed by atoms with van der Waals surface area (Å²) >= 11 is 6.19. The number of aryl methyl sites for hydroxylation is 3. The van der Waals surface area contributed by atoms with Crippen LogP contribution in [-0.4, -0.2) is 11.2 Å². The standard InChI is InChI=1S/C20H20ClNO4/c1-13-10-14(2)12-15(11-13)25-9-4-3-8-22-18-16(6-5-7-17(18)21)19(23)26-20(22)24/h5-7,10-12H,3-4,8-9H2,1-2H3. The van der Waals surface area contributed by atoms with Gasteiger partial charge in [0, 0.05) is 6.54 Å². The second-order valence-corrected chi connectivity index (χ2v) is 6.73. The fraction of sp³-hybridized carbons (Fsp3) is 0.300. The first-order chi connectivity index (χ1) is 12.5. The molecule has 0 unspecified atom stereocenters. The molecule has 0 aliphatic heterocycles. The van der Waals surface area contributed by atoms with E-state index in [1.807, 2.05) is 26.0 Å². The van der Waals surface area contributed by atoms with Gasteiger partial charge in [-0.05, 0) is 62.1 Å². The number of rotatable bonds is 6. The lowest BCUT2D eigenvalue weighted by molar-refractivity contribution is 0.300. The molecule has 0 saturated carbocycles. The third kappa shape index (κ3) is 3.99. The number of nitrogens with zero attached hydrogens (tertiary/aromatic N) is 1. The van der Waals surface area contributed by atoms with Crippen molar-refractivity contribution < 1.29 is 9.15 Å². The molecule has 0 atom stereocenters. The largest absolute Gasteiger partial charge is 0.494 e. The van der Waals surface area contributed by atoms with Crippen molar-refractivity contribution in [2.24, 2.45) is 0 Å². The maximum atomic E-state index is 12.1. The van der Waals surface area contributed by atoms with Gasteiger partial charge in [-0.3, -0.25) is 4.57 Å². The van der Waals surface area contributed by atoms with E-state index in [9.17, 15) is 9.59 Å². The van der Waals surface area contributed by atoms with Crippen molar-refractivity contribution in [3.8, 4) is 5.75 Å². The van der Waals surface area contributed by atoms with Crippen LogP contribution in [0.25, 0.3) is 10.9 Å². The molecule has 0 saturated heterocycles. The molecule has 0 radical (unpaired) electrons. The lowest BCUT2D eigenvalue weighted by Gasteiger charge is -2.11. The van der Waals surface area contributed by atoms with Crippen molar-refractivity contribution in [3.63, 3.8) is 0 Å². The first kappa shape index (κ1) is 18.3. The van der Waals surface area contributed by atoms with Crippen molar-refractivity contribution in [3.05, 3.63) is 73.5 Å². The average Bonchev–Trinajstić information content (AvgIpc) is 2.56. The zero-order valence-electron chi connectivity index (χ0n) is 14.8. The Morgan fingerprint density at radius 2 is 1.81 bits per heavy atom. The van der Waals surface area contributed by atoms with E-state index >= 15 is 0 Å². The van der Waals surface area contributed by atoms with Gasteiger partial charge in [0.25, 0.3) is 0 Å². The van der Waals surface area contributed by atoms with Gasteiger partial charge in [0.1, 0.15) is 5.75 Å². The van der Waals surface area contributed by atoms with Crippen molar-refractivity contribution in [2.75, 3.05) is 6.61 Å². The number of fused-ring (bicyclic) bond motifs is 1. The number of hydrogen-bond donors (Lipinski definition) is 0. The van der Waals surface area contributed by atoms with Crippen molar-refractivity contribution in [1.82, 2.24) is 4.57 Å². The highest BCUT2D eigenvalue weighted by Gasteiger charge is 2.12. The van der Waals surface area contributed by atoms with Gasteiger partial charge in [-0.25, -0.2) is 9.59 Å². The third-order valence-electron chi connectivity index (χ3n) is 4.12. The Labute approximate surface area is 155 Å². The van der Waals surface area contributed by atoms with Crippen LogP contribution in [0, 0.1) is 13.8 Å². The molecular weight excluding hydrogens is 354 g/mol. The highest BCUT2D eigenvalue weighted by molar-refractivity contribution is 6.35. The smallest absolute Gasteiger partial charge is 0.422 e. The Hall–Kier alpha value is -2.53. The van der Waals surface area contributed by atoms with Crippen LogP contribution in [0.4, 0.5) is 0 Å². The fourth-order valence-electron chi connectivity index (χ4n) is 3.02. The van der Waals surface area contributed by atoms with Crippen molar-refractivity contribution >= 4 is 22.5 Å². The molecule has 2 aromatic carbocycles. The molecule has 1 aromatic heterocycles. The number of unbranched alkanes of at least 4 members (excludes halogenated alkanes) is 1. The second-order valence-electron chi connectivity index (χ2n) is 6.32. The van der Waals surface area contributed by atoms with Crippen LogP contribution in [0.5, 0.6) is 5.75 Å². The first-order valence-corrected chi connectivity index (χ1v) is 8.87. The number of para-hydroxylation sites is 1. The number of ether oxygens (including phenoxy) is 1. The molecule has 5 nitrogen and oxygen atoms in total. The van der Waals surface area contributed by atoms with Crippen LogP contribution in [0.15, 0.2) is 50.4 Å². The predicted octanol–water partition coefficient (Wildman–Crippen LogP) is 4.08. The molecule has 0 fully saturated rings. The molecule has 0 N–H and O–H groups in total. The van der Waals surface area contributed by atoms with Gasteiger partial charge in [0.2, 0.25) is 0 Å². The zero-order valence-corrected chi connectivity index (χ0v) is 15.5. The monoisotopic (exact) mass is 373 g/mol. The molecule has 0 bridgehead atoms. The third-order valence-corrected chi connectivity index (χ3v) is 4.42. The van der Waals surface area contributed by atoms with Crippen LogP contribution < -0.4 is 16.1 Å². The van der Waals surface area contributed by atoms with Crippen LogP contribution in [0.2, 0.25) is 5.02 Å². The number of benzene rings is 2. The minimum absolute atomic E-state index is 0.309. The van der Waals surface area contributed by atoms with E-state index in [1.54, 1.807) is 18.2 Å². The van der Waals surface area contributed by atoms with E-state index in [0.717, 1.165) is 23.3 Å². The summed E-state index contributed by atoms with van der Waals surface area (Å²) in [4.78, 5) is 23.9. The maximum absolute atomic E-state index is 12.1. The van der Waals surface area contributed by atoms with Crippen molar-refractivity contribution in [2.45, 2.75) is 33.2 Å². The second kappa shape index (κ2) is 7.79. The van der Waals surface area contributed by atoms with Gasteiger partial charge >= 0.3 is 11.4 Å². The van der Waals surface area contributed by atoms with E-state index in [4.69, 9.17) is 20.8 Å². The molecule has 136 valence electrons. The minimum Gasteiger partial charge on any atom is -0.494 e. The first-order valence-electron chi connectivity index (χ1n) is 8.49. The summed E-state index contributed by atoms with van der Waals surface area (Å²) in [6.07, 6.45) is 1.45. The van der Waals surface area contributed by atoms with E-state index in [2.05, 4.69) is 6.07 Å². The summed E-state index contributed by atoms with van der Waals surface area (Å²) in [5, 5.41) is 0.669. The summed E-state index contributed by atoms with van der Waals surface area (Å²) in [6.45, 7) is 5.01. The lowest BCUT2D eigenvalue weighted by atomic mass is 10.1. The highest BCUT2D eigenvalue weighted by atomic mass is 35.5. The molecule has 1 heterocycles. The normalized spacial score (nSPS) is 11.0. The number of hydrogen-bond acceptors (Lipinski definition) is 4.